The summed E-state index contributed by atoms with van der Waals surface area (Å²) < 4.78 is 0. The summed E-state index contributed by atoms with van der Waals surface area (Å²) in [6.07, 6.45) is -1.18. The number of aliphatic hydroxyl groups excluding tert-OH is 1. The number of carbonyl (C=O) groups is 2. The molecule has 98 valence electrons. The van der Waals surface area contributed by atoms with Crippen molar-refractivity contribution in [1.82, 2.24) is 0 Å². The van der Waals surface area contributed by atoms with Crippen LogP contribution in [0.5, 0.6) is 0 Å². The van der Waals surface area contributed by atoms with Crippen LogP contribution in [0.15, 0.2) is 0 Å². The molecule has 0 bridgehead atoms. The number of hydrogen-bond acceptors (Lipinski definition) is 6. The van der Waals surface area contributed by atoms with Gasteiger partial charge in [-0.1, -0.05) is 0 Å². The van der Waals surface area contributed by atoms with Crippen molar-refractivity contribution < 1.29 is 30.0 Å². The Balaban J connectivity index is -0.000000179. The largest absolute Gasteiger partial charge is 0.481 e. The van der Waals surface area contributed by atoms with Crippen molar-refractivity contribution in [3.05, 3.63) is 0 Å². The van der Waals surface area contributed by atoms with E-state index < -0.39 is 18.2 Å². The first-order valence-corrected chi connectivity index (χ1v) is 4.34. The first-order valence-electron chi connectivity index (χ1n) is 4.34. The molecule has 0 saturated heterocycles. The van der Waals surface area contributed by atoms with Gasteiger partial charge in [0.1, 0.15) is 0 Å². The molecule has 0 aromatic rings. The Morgan fingerprint density at radius 1 is 1.12 bits per heavy atom. The van der Waals surface area contributed by atoms with Gasteiger partial charge < -0.3 is 31.9 Å². The van der Waals surface area contributed by atoms with Crippen molar-refractivity contribution in [2.45, 2.75) is 32.6 Å². The maximum Gasteiger partial charge on any atom is 0.300 e. The lowest BCUT2D eigenvalue weighted by Crippen LogP contribution is -2.33. The zero-order valence-corrected chi connectivity index (χ0v) is 9.33. The molecule has 8 N–H and O–H groups in total. The Bertz CT molecular complexity index is 165. The van der Waals surface area contributed by atoms with E-state index in [1.165, 1.54) is 0 Å². The third kappa shape index (κ3) is 77.6. The molecule has 8 nitrogen and oxygen atoms in total. The molecular weight excluding hydrogens is 220 g/mol. The molecule has 0 aliphatic heterocycles. The molecule has 0 fully saturated rings. The Hall–Kier alpha value is -1.22. The minimum Gasteiger partial charge on any atom is -0.481 e. The highest BCUT2D eigenvalue weighted by atomic mass is 16.5. The van der Waals surface area contributed by atoms with Gasteiger partial charge in [-0.3, -0.25) is 9.59 Å². The molecule has 0 saturated carbocycles. The lowest BCUT2D eigenvalue weighted by Gasteiger charge is -2.08. The number of aliphatic carboxylic acids is 2. The fraction of sp³-hybridized carbons (Fsp3) is 0.750. The Kier molecular flexibility index (Phi) is 17.4. The van der Waals surface area contributed by atoms with E-state index >= 15 is 0 Å². The maximum atomic E-state index is 9.00. The molecule has 0 aliphatic carbocycles. The number of aliphatic hydroxyl groups is 2. The summed E-state index contributed by atoms with van der Waals surface area (Å²) in [4.78, 5) is 18.0. The standard InChI is InChI=1S/C4H12N2O2.2C2H4O2/c5-2-3(6)1-4(7)8;2*1-2(3)4/h3-4,7-8H,1-2,5-6H2;2*1H3,(H,3,4). The number of carboxylic acid groups (broad SMARTS) is 2. The average molecular weight is 240 g/mol. The monoisotopic (exact) mass is 240 g/mol. The summed E-state index contributed by atoms with van der Waals surface area (Å²) in [5.74, 6) is -1.67. The minimum atomic E-state index is -1.33. The van der Waals surface area contributed by atoms with Crippen LogP contribution in [0.2, 0.25) is 0 Å². The molecule has 0 rings (SSSR count). The van der Waals surface area contributed by atoms with E-state index in [1.807, 2.05) is 0 Å². The molecule has 1 unspecified atom stereocenters. The van der Waals surface area contributed by atoms with Gasteiger partial charge in [-0.2, -0.15) is 0 Å². The molecular formula is C8H20N2O6. The number of carboxylic acids is 2. The van der Waals surface area contributed by atoms with Gasteiger partial charge >= 0.3 is 0 Å². The molecule has 1 atom stereocenters. The van der Waals surface area contributed by atoms with Crippen molar-refractivity contribution in [3.8, 4) is 0 Å². The third-order valence-electron chi connectivity index (χ3n) is 0.816. The second kappa shape index (κ2) is 13.8. The summed E-state index contributed by atoms with van der Waals surface area (Å²) in [6.45, 7) is 2.46. The first kappa shape index (κ1) is 20.2. The molecule has 8 heteroatoms. The first-order chi connectivity index (χ1) is 7.13. The molecule has 0 heterocycles. The lowest BCUT2D eigenvalue weighted by atomic mass is 10.2. The van der Waals surface area contributed by atoms with Gasteiger partial charge in [0.2, 0.25) is 0 Å². The fourth-order valence-corrected chi connectivity index (χ4v) is 0.367. The van der Waals surface area contributed by atoms with Crippen LogP contribution in [-0.2, 0) is 9.59 Å². The number of nitrogens with two attached hydrogens (primary N) is 2. The van der Waals surface area contributed by atoms with Gasteiger partial charge in [-0.05, 0) is 0 Å². The smallest absolute Gasteiger partial charge is 0.300 e. The second-order valence-electron chi connectivity index (χ2n) is 2.75. The van der Waals surface area contributed by atoms with Crippen LogP contribution in [0.25, 0.3) is 0 Å². The summed E-state index contributed by atoms with van der Waals surface area (Å²) in [7, 11) is 0. The highest BCUT2D eigenvalue weighted by molar-refractivity contribution is 5.63. The summed E-state index contributed by atoms with van der Waals surface area (Å²) in [5.41, 5.74) is 10.3. The molecule has 0 aromatic carbocycles. The van der Waals surface area contributed by atoms with E-state index in [4.69, 9.17) is 41.5 Å². The number of rotatable bonds is 3. The van der Waals surface area contributed by atoms with E-state index in [2.05, 4.69) is 0 Å². The van der Waals surface area contributed by atoms with E-state index in [9.17, 15) is 0 Å². The lowest BCUT2D eigenvalue weighted by molar-refractivity contribution is -0.135. The maximum absolute atomic E-state index is 9.00. The minimum absolute atomic E-state index is 0.149. The predicted octanol–water partition coefficient (Wildman–Crippen LogP) is -1.84. The normalized spacial score (nSPS) is 10.4. The molecule has 0 spiro atoms. The van der Waals surface area contributed by atoms with Gasteiger partial charge in [0, 0.05) is 32.9 Å². The zero-order chi connectivity index (χ0) is 13.7. The van der Waals surface area contributed by atoms with E-state index in [0.717, 1.165) is 13.8 Å². The summed E-state index contributed by atoms with van der Waals surface area (Å²) in [5, 5.41) is 31.4. The zero-order valence-electron chi connectivity index (χ0n) is 9.33. The van der Waals surface area contributed by atoms with Crippen LogP contribution in [0.4, 0.5) is 0 Å². The highest BCUT2D eigenvalue weighted by Crippen LogP contribution is 1.88. The van der Waals surface area contributed by atoms with Gasteiger partial charge in [0.25, 0.3) is 11.9 Å². The van der Waals surface area contributed by atoms with Crippen LogP contribution in [-0.4, -0.2) is 51.2 Å². The average Bonchev–Trinajstić information content (AvgIpc) is 2.00. The quantitative estimate of drug-likeness (QED) is 0.313. The van der Waals surface area contributed by atoms with Crippen LogP contribution < -0.4 is 11.5 Å². The highest BCUT2D eigenvalue weighted by Gasteiger charge is 2.03. The van der Waals surface area contributed by atoms with Crippen molar-refractivity contribution in [1.29, 1.82) is 0 Å². The topological polar surface area (TPSA) is 167 Å². The molecule has 16 heavy (non-hydrogen) atoms. The predicted molar refractivity (Wildman–Crippen MR) is 56.5 cm³/mol. The van der Waals surface area contributed by atoms with Crippen molar-refractivity contribution in [2.24, 2.45) is 11.5 Å². The molecule has 0 amide bonds. The Morgan fingerprint density at radius 2 is 1.38 bits per heavy atom. The van der Waals surface area contributed by atoms with Crippen LogP contribution in [0, 0.1) is 0 Å². The van der Waals surface area contributed by atoms with Crippen molar-refractivity contribution in [2.75, 3.05) is 6.54 Å². The summed E-state index contributed by atoms with van der Waals surface area (Å²) in [6, 6.07) is -0.296. The second-order valence-corrected chi connectivity index (χ2v) is 2.75. The molecule has 0 aromatic heterocycles. The van der Waals surface area contributed by atoms with Gasteiger partial charge in [-0.25, -0.2) is 0 Å². The van der Waals surface area contributed by atoms with Crippen LogP contribution >= 0.6 is 0 Å². The fourth-order valence-electron chi connectivity index (χ4n) is 0.367. The van der Waals surface area contributed by atoms with E-state index in [1.54, 1.807) is 0 Å². The van der Waals surface area contributed by atoms with Gasteiger partial charge in [-0.15, -0.1) is 0 Å². The van der Waals surface area contributed by atoms with Crippen LogP contribution in [0.1, 0.15) is 20.3 Å². The summed E-state index contributed by atoms with van der Waals surface area (Å²) >= 11 is 0. The van der Waals surface area contributed by atoms with E-state index in [0.29, 0.717) is 0 Å². The van der Waals surface area contributed by atoms with E-state index in [-0.39, 0.29) is 19.0 Å². The molecule has 0 aliphatic rings. The van der Waals surface area contributed by atoms with Gasteiger partial charge in [0.15, 0.2) is 6.29 Å². The molecule has 0 radical (unpaired) electrons. The Labute approximate surface area is 93.5 Å². The van der Waals surface area contributed by atoms with Crippen LogP contribution in [0.3, 0.4) is 0 Å². The SMILES string of the molecule is CC(=O)O.CC(=O)O.NCC(N)CC(O)O. The van der Waals surface area contributed by atoms with Crippen molar-refractivity contribution >= 4 is 11.9 Å². The van der Waals surface area contributed by atoms with Crippen molar-refractivity contribution in [3.63, 3.8) is 0 Å². The number of hydrogen-bond donors (Lipinski definition) is 6. The Morgan fingerprint density at radius 3 is 1.44 bits per heavy atom. The van der Waals surface area contributed by atoms with Gasteiger partial charge in [0.05, 0.1) is 0 Å². The third-order valence-corrected chi connectivity index (χ3v) is 0.816.